The van der Waals surface area contributed by atoms with Crippen LogP contribution < -0.4 is 4.67 Å². The molecule has 0 bridgehead atoms. The zero-order chi connectivity index (χ0) is 12.0. The van der Waals surface area contributed by atoms with Crippen LogP contribution in [0.25, 0.3) is 0 Å². The summed E-state index contributed by atoms with van der Waals surface area (Å²) in [5.41, 5.74) is 1.67. The number of carbonyl (C=O) groups excluding carboxylic acids is 1. The van der Waals surface area contributed by atoms with Gasteiger partial charge in [0.25, 0.3) is 12.5 Å². The molecule has 90 valence electrons. The second kappa shape index (κ2) is 3.80. The first-order chi connectivity index (χ1) is 8.18. The van der Waals surface area contributed by atoms with Crippen molar-refractivity contribution < 1.29 is 9.32 Å². The summed E-state index contributed by atoms with van der Waals surface area (Å²) in [7, 11) is 0. The highest BCUT2D eigenvalue weighted by atomic mass is 32.5. The maximum atomic E-state index is 12.4. The van der Waals surface area contributed by atoms with Gasteiger partial charge < -0.3 is 9.19 Å². The minimum atomic E-state index is -2.32. The van der Waals surface area contributed by atoms with E-state index in [4.69, 9.17) is 16.3 Å². The average molecular weight is 268 g/mol. The number of rotatable bonds is 1. The van der Waals surface area contributed by atoms with Crippen molar-refractivity contribution in [1.29, 1.82) is 0 Å². The third-order valence-electron chi connectivity index (χ3n) is 3.12. The monoisotopic (exact) mass is 268 g/mol. The van der Waals surface area contributed by atoms with E-state index in [9.17, 15) is 4.79 Å². The van der Waals surface area contributed by atoms with Crippen molar-refractivity contribution >= 4 is 30.0 Å². The Kier molecular flexibility index (Phi) is 2.51. The minimum Gasteiger partial charge on any atom is -0.317 e. The van der Waals surface area contributed by atoms with Gasteiger partial charge in [0.2, 0.25) is 0 Å². The van der Waals surface area contributed by atoms with Crippen molar-refractivity contribution in [3.63, 3.8) is 0 Å². The molecule has 1 aromatic carbocycles. The molecule has 1 aromatic rings. The van der Waals surface area contributed by atoms with Gasteiger partial charge in [0.15, 0.2) is 0 Å². The number of fused-ring (bicyclic) bond motifs is 3. The van der Waals surface area contributed by atoms with E-state index >= 15 is 0 Å². The highest BCUT2D eigenvalue weighted by molar-refractivity contribution is 8.12. The van der Waals surface area contributed by atoms with Gasteiger partial charge in [-0.2, -0.15) is 0 Å². The van der Waals surface area contributed by atoms with Gasteiger partial charge >= 0.3 is 0 Å². The molecular formula is C11H13N2O2PS. The number of anilines is 1. The van der Waals surface area contributed by atoms with Gasteiger partial charge in [-0.05, 0) is 30.9 Å². The van der Waals surface area contributed by atoms with Gasteiger partial charge in [0.05, 0.1) is 17.9 Å². The first-order valence-electron chi connectivity index (χ1n) is 5.62. The van der Waals surface area contributed by atoms with Gasteiger partial charge in [-0.25, -0.2) is 0 Å². The van der Waals surface area contributed by atoms with E-state index in [1.807, 2.05) is 31.2 Å². The second-order valence-corrected chi connectivity index (χ2v) is 7.62. The summed E-state index contributed by atoms with van der Waals surface area (Å²) < 4.78 is 9.55. The van der Waals surface area contributed by atoms with Gasteiger partial charge in [0.1, 0.15) is 0 Å². The standard InChI is InChI=1S/C11H13N2O2PS/c1-2-12-11(14)9-5-3-4-6-10(9)13-7-8-15-16(12,13)17/h3-6H,2,7-8H2,1H3. The van der Waals surface area contributed by atoms with Crippen molar-refractivity contribution in [2.75, 3.05) is 24.4 Å². The quantitative estimate of drug-likeness (QED) is 0.731. The Hall–Kier alpha value is -0.900. The molecule has 0 saturated carbocycles. The summed E-state index contributed by atoms with van der Waals surface area (Å²) in [6.07, 6.45) is 0. The van der Waals surface area contributed by atoms with Gasteiger partial charge in [0, 0.05) is 13.1 Å². The third-order valence-corrected chi connectivity index (χ3v) is 7.24. The van der Waals surface area contributed by atoms with Gasteiger partial charge in [-0.3, -0.25) is 9.46 Å². The number of nitrogens with zero attached hydrogens (tertiary/aromatic N) is 2. The molecule has 0 aromatic heterocycles. The molecule has 1 saturated heterocycles. The molecule has 2 aliphatic rings. The molecule has 1 atom stereocenters. The number of amides is 1. The third kappa shape index (κ3) is 1.39. The van der Waals surface area contributed by atoms with E-state index in [0.717, 1.165) is 17.8 Å². The van der Waals surface area contributed by atoms with Crippen LogP contribution in [-0.2, 0) is 16.3 Å². The molecule has 4 nitrogen and oxygen atoms in total. The lowest BCUT2D eigenvalue weighted by Gasteiger charge is -2.41. The van der Waals surface area contributed by atoms with Crippen LogP contribution >= 0.6 is 6.57 Å². The molecule has 0 spiro atoms. The van der Waals surface area contributed by atoms with E-state index in [1.165, 1.54) is 0 Å². The normalized spacial score (nSPS) is 27.0. The fraction of sp³-hybridized carbons (Fsp3) is 0.364. The highest BCUT2D eigenvalue weighted by Crippen LogP contribution is 2.63. The van der Waals surface area contributed by atoms with E-state index in [0.29, 0.717) is 13.2 Å². The fourth-order valence-electron chi connectivity index (χ4n) is 2.35. The van der Waals surface area contributed by atoms with Crippen molar-refractivity contribution in [2.45, 2.75) is 6.92 Å². The average Bonchev–Trinajstić information content (AvgIpc) is 2.72. The second-order valence-electron chi connectivity index (χ2n) is 3.99. The van der Waals surface area contributed by atoms with E-state index in [2.05, 4.69) is 4.67 Å². The lowest BCUT2D eigenvalue weighted by Crippen LogP contribution is -2.38. The lowest BCUT2D eigenvalue weighted by molar-refractivity contribution is 0.0856. The maximum Gasteiger partial charge on any atom is 0.262 e. The summed E-state index contributed by atoms with van der Waals surface area (Å²) in [6.45, 7) is 1.60. The van der Waals surface area contributed by atoms with Crippen molar-refractivity contribution in [2.24, 2.45) is 0 Å². The number of benzene rings is 1. The highest BCUT2D eigenvalue weighted by Gasteiger charge is 2.46. The maximum absolute atomic E-state index is 12.4. The molecule has 0 N–H and O–H groups in total. The Bertz CT molecular complexity index is 534. The molecule has 2 aliphatic heterocycles. The van der Waals surface area contributed by atoms with Gasteiger partial charge in [-0.1, -0.05) is 12.1 Å². The van der Waals surface area contributed by atoms with Crippen LogP contribution in [0.3, 0.4) is 0 Å². The van der Waals surface area contributed by atoms with Crippen LogP contribution in [0.4, 0.5) is 5.69 Å². The minimum absolute atomic E-state index is 0.00424. The van der Waals surface area contributed by atoms with Crippen LogP contribution in [0.15, 0.2) is 24.3 Å². The topological polar surface area (TPSA) is 32.8 Å². The van der Waals surface area contributed by atoms with Crippen LogP contribution in [-0.4, -0.2) is 30.3 Å². The molecular weight excluding hydrogens is 255 g/mol. The molecule has 2 heterocycles. The smallest absolute Gasteiger partial charge is 0.262 e. The molecule has 17 heavy (non-hydrogen) atoms. The predicted octanol–water partition coefficient (Wildman–Crippen LogP) is 2.22. The zero-order valence-electron chi connectivity index (χ0n) is 9.50. The molecule has 0 radical (unpaired) electrons. The number of hydrogen-bond donors (Lipinski definition) is 0. The predicted molar refractivity (Wildman–Crippen MR) is 70.7 cm³/mol. The van der Waals surface area contributed by atoms with E-state index in [1.54, 1.807) is 4.67 Å². The van der Waals surface area contributed by atoms with Crippen LogP contribution in [0.5, 0.6) is 0 Å². The van der Waals surface area contributed by atoms with Crippen molar-refractivity contribution in [3.05, 3.63) is 29.8 Å². The van der Waals surface area contributed by atoms with Crippen LogP contribution in [0.1, 0.15) is 17.3 Å². The summed E-state index contributed by atoms with van der Waals surface area (Å²) in [6, 6.07) is 7.63. The molecule has 6 heteroatoms. The Balaban J connectivity index is 2.23. The summed E-state index contributed by atoms with van der Waals surface area (Å²) in [4.78, 5) is 12.4. The first-order valence-corrected chi connectivity index (χ1v) is 8.25. The molecule has 1 amide bonds. The fourth-order valence-corrected chi connectivity index (χ4v) is 5.99. The van der Waals surface area contributed by atoms with Crippen molar-refractivity contribution in [1.82, 2.24) is 4.67 Å². The summed E-state index contributed by atoms with van der Waals surface area (Å²) >= 11 is 5.63. The molecule has 1 fully saturated rings. The zero-order valence-corrected chi connectivity index (χ0v) is 11.2. The number of para-hydroxylation sites is 1. The largest absolute Gasteiger partial charge is 0.317 e. The number of carbonyl (C=O) groups is 1. The molecule has 3 rings (SSSR count). The first kappa shape index (κ1) is 11.2. The van der Waals surface area contributed by atoms with E-state index in [-0.39, 0.29) is 5.91 Å². The van der Waals surface area contributed by atoms with Crippen molar-refractivity contribution in [3.8, 4) is 0 Å². The molecule has 0 aliphatic carbocycles. The lowest BCUT2D eigenvalue weighted by atomic mass is 10.1. The van der Waals surface area contributed by atoms with E-state index < -0.39 is 6.57 Å². The molecule has 1 unspecified atom stereocenters. The summed E-state index contributed by atoms with van der Waals surface area (Å²) in [5, 5.41) is 0. The van der Waals surface area contributed by atoms with Crippen LogP contribution in [0.2, 0.25) is 0 Å². The van der Waals surface area contributed by atoms with Crippen LogP contribution in [0, 0.1) is 0 Å². The summed E-state index contributed by atoms with van der Waals surface area (Å²) in [5.74, 6) is 0.00424. The van der Waals surface area contributed by atoms with Gasteiger partial charge in [-0.15, -0.1) is 0 Å². The SMILES string of the molecule is CCN1C(=O)c2ccccc2N2CCOP12=S. The Morgan fingerprint density at radius 3 is 3.00 bits per heavy atom. The Morgan fingerprint density at radius 2 is 2.24 bits per heavy atom. The number of hydrogen-bond acceptors (Lipinski definition) is 3. The Labute approximate surface area is 105 Å². The Morgan fingerprint density at radius 1 is 1.47 bits per heavy atom.